The number of likely N-dealkylation sites (tertiary alicyclic amines) is 1. The second-order valence-corrected chi connectivity index (χ2v) is 4.94. The minimum atomic E-state index is 0.0211. The Hall–Kier alpha value is -1.35. The summed E-state index contributed by atoms with van der Waals surface area (Å²) in [5.74, 6) is 0.256. The predicted molar refractivity (Wildman–Crippen MR) is 73.3 cm³/mol. The van der Waals surface area contributed by atoms with Crippen molar-refractivity contribution in [2.75, 3.05) is 13.1 Å². The van der Waals surface area contributed by atoms with E-state index in [-0.39, 0.29) is 11.9 Å². The molecule has 1 saturated heterocycles. The lowest BCUT2D eigenvalue weighted by Gasteiger charge is -2.33. The van der Waals surface area contributed by atoms with Gasteiger partial charge in [-0.3, -0.25) is 4.79 Å². The van der Waals surface area contributed by atoms with E-state index in [1.54, 1.807) is 0 Å². The molecule has 98 valence electrons. The predicted octanol–water partition coefficient (Wildman–Crippen LogP) is 2.10. The van der Waals surface area contributed by atoms with Gasteiger partial charge in [-0.05, 0) is 37.4 Å². The number of hydrogen-bond acceptors (Lipinski definition) is 2. The zero-order valence-corrected chi connectivity index (χ0v) is 11.3. The number of rotatable bonds is 4. The summed E-state index contributed by atoms with van der Waals surface area (Å²) in [4.78, 5) is 14.3. The fourth-order valence-electron chi connectivity index (χ4n) is 2.53. The highest BCUT2D eigenvalue weighted by molar-refractivity contribution is 5.82. The Kier molecular flexibility index (Phi) is 4.37. The maximum atomic E-state index is 12.3. The van der Waals surface area contributed by atoms with Gasteiger partial charge in [0.25, 0.3) is 0 Å². The van der Waals surface area contributed by atoms with Crippen LogP contribution in [0.15, 0.2) is 24.3 Å². The quantitative estimate of drug-likeness (QED) is 0.882. The summed E-state index contributed by atoms with van der Waals surface area (Å²) in [7, 11) is 0. The Morgan fingerprint density at radius 1 is 1.39 bits per heavy atom. The highest BCUT2D eigenvalue weighted by Gasteiger charge is 2.27. The molecule has 0 aromatic heterocycles. The van der Waals surface area contributed by atoms with Gasteiger partial charge in [0.05, 0.1) is 6.04 Å². The highest BCUT2D eigenvalue weighted by Crippen LogP contribution is 2.17. The van der Waals surface area contributed by atoms with Gasteiger partial charge in [-0.25, -0.2) is 0 Å². The second-order valence-electron chi connectivity index (χ2n) is 4.94. The third-order valence-electron chi connectivity index (χ3n) is 3.60. The van der Waals surface area contributed by atoms with Crippen LogP contribution in [0.25, 0.3) is 0 Å². The highest BCUT2D eigenvalue weighted by atomic mass is 16.2. The van der Waals surface area contributed by atoms with Crippen LogP contribution >= 0.6 is 0 Å². The van der Waals surface area contributed by atoms with Crippen LogP contribution in [0.5, 0.6) is 0 Å². The maximum Gasteiger partial charge on any atom is 0.240 e. The van der Waals surface area contributed by atoms with Gasteiger partial charge in [-0.1, -0.05) is 31.2 Å². The molecule has 2 rings (SSSR count). The molecule has 3 heteroatoms. The molecule has 1 N–H and O–H groups in total. The van der Waals surface area contributed by atoms with Gasteiger partial charge >= 0.3 is 0 Å². The van der Waals surface area contributed by atoms with E-state index < -0.39 is 0 Å². The normalized spacial score (nSPS) is 20.2. The standard InChI is InChI=1S/C15H22N2O/c1-3-16-14-9-6-10-17(15(14)18)11-13-8-5-4-7-12(13)2/h4-5,7-8,14,16H,3,6,9-11H2,1-2H3. The third kappa shape index (κ3) is 2.91. The topological polar surface area (TPSA) is 32.3 Å². The Bertz CT molecular complexity index is 415. The van der Waals surface area contributed by atoms with Crippen LogP contribution in [-0.4, -0.2) is 29.9 Å². The van der Waals surface area contributed by atoms with Crippen molar-refractivity contribution in [1.82, 2.24) is 10.2 Å². The number of nitrogens with zero attached hydrogens (tertiary/aromatic N) is 1. The molecule has 0 saturated carbocycles. The van der Waals surface area contributed by atoms with Gasteiger partial charge in [-0.2, -0.15) is 0 Å². The number of piperidine rings is 1. The number of benzene rings is 1. The molecule has 1 unspecified atom stereocenters. The maximum absolute atomic E-state index is 12.3. The molecule has 0 radical (unpaired) electrons. The van der Waals surface area contributed by atoms with Crippen LogP contribution < -0.4 is 5.32 Å². The largest absolute Gasteiger partial charge is 0.337 e. The second kappa shape index (κ2) is 6.01. The monoisotopic (exact) mass is 246 g/mol. The van der Waals surface area contributed by atoms with Crippen LogP contribution in [-0.2, 0) is 11.3 Å². The van der Waals surface area contributed by atoms with Crippen molar-refractivity contribution < 1.29 is 4.79 Å². The fraction of sp³-hybridized carbons (Fsp3) is 0.533. The minimum absolute atomic E-state index is 0.0211. The molecule has 1 aromatic rings. The number of amides is 1. The van der Waals surface area contributed by atoms with E-state index in [9.17, 15) is 4.79 Å². The molecular weight excluding hydrogens is 224 g/mol. The molecule has 1 aliphatic rings. The first kappa shape index (κ1) is 13.1. The molecule has 1 aromatic carbocycles. The summed E-state index contributed by atoms with van der Waals surface area (Å²) in [6.45, 7) is 6.64. The van der Waals surface area contributed by atoms with Crippen molar-refractivity contribution in [2.45, 2.75) is 39.3 Å². The summed E-state index contributed by atoms with van der Waals surface area (Å²) in [5, 5.41) is 3.27. The lowest BCUT2D eigenvalue weighted by atomic mass is 10.0. The summed E-state index contributed by atoms with van der Waals surface area (Å²) in [5.41, 5.74) is 2.51. The van der Waals surface area contributed by atoms with Crippen molar-refractivity contribution in [3.8, 4) is 0 Å². The average molecular weight is 246 g/mol. The van der Waals surface area contributed by atoms with Gasteiger partial charge in [0.2, 0.25) is 5.91 Å². The third-order valence-corrected chi connectivity index (χ3v) is 3.60. The van der Waals surface area contributed by atoms with Crippen molar-refractivity contribution in [3.63, 3.8) is 0 Å². The number of carbonyl (C=O) groups excluding carboxylic acids is 1. The van der Waals surface area contributed by atoms with Gasteiger partial charge in [0.1, 0.15) is 0 Å². The van der Waals surface area contributed by atoms with Gasteiger partial charge < -0.3 is 10.2 Å². The molecule has 1 amide bonds. The number of aryl methyl sites for hydroxylation is 1. The van der Waals surface area contributed by atoms with Crippen molar-refractivity contribution in [3.05, 3.63) is 35.4 Å². The van der Waals surface area contributed by atoms with Crippen LogP contribution in [0, 0.1) is 6.92 Å². The molecular formula is C15H22N2O. The number of carbonyl (C=O) groups is 1. The molecule has 0 bridgehead atoms. The molecule has 1 aliphatic heterocycles. The zero-order valence-electron chi connectivity index (χ0n) is 11.3. The molecule has 0 spiro atoms. The molecule has 18 heavy (non-hydrogen) atoms. The van der Waals surface area contributed by atoms with Crippen molar-refractivity contribution >= 4 is 5.91 Å². The smallest absolute Gasteiger partial charge is 0.240 e. The molecule has 1 fully saturated rings. The Morgan fingerprint density at radius 3 is 2.89 bits per heavy atom. The van der Waals surface area contributed by atoms with E-state index in [1.165, 1.54) is 11.1 Å². The molecule has 3 nitrogen and oxygen atoms in total. The molecule has 1 atom stereocenters. The number of likely N-dealkylation sites (N-methyl/N-ethyl adjacent to an activating group) is 1. The first-order chi connectivity index (χ1) is 8.72. The Morgan fingerprint density at radius 2 is 2.17 bits per heavy atom. The average Bonchev–Trinajstić information content (AvgIpc) is 2.37. The van der Waals surface area contributed by atoms with Crippen LogP contribution in [0.4, 0.5) is 0 Å². The van der Waals surface area contributed by atoms with Crippen LogP contribution in [0.3, 0.4) is 0 Å². The van der Waals surface area contributed by atoms with Gasteiger partial charge in [-0.15, -0.1) is 0 Å². The number of hydrogen-bond donors (Lipinski definition) is 1. The van der Waals surface area contributed by atoms with Crippen LogP contribution in [0.2, 0.25) is 0 Å². The first-order valence-electron chi connectivity index (χ1n) is 6.79. The van der Waals surface area contributed by atoms with E-state index in [2.05, 4.69) is 24.4 Å². The first-order valence-corrected chi connectivity index (χ1v) is 6.79. The minimum Gasteiger partial charge on any atom is -0.337 e. The molecule has 0 aliphatic carbocycles. The zero-order chi connectivity index (χ0) is 13.0. The van der Waals surface area contributed by atoms with Crippen molar-refractivity contribution in [2.24, 2.45) is 0 Å². The van der Waals surface area contributed by atoms with E-state index in [4.69, 9.17) is 0 Å². The Balaban J connectivity index is 2.05. The fourth-order valence-corrected chi connectivity index (χ4v) is 2.53. The van der Waals surface area contributed by atoms with Crippen molar-refractivity contribution in [1.29, 1.82) is 0 Å². The summed E-state index contributed by atoms with van der Waals surface area (Å²) in [6.07, 6.45) is 2.06. The van der Waals surface area contributed by atoms with E-state index in [0.29, 0.717) is 0 Å². The number of nitrogens with one attached hydrogen (secondary N) is 1. The van der Waals surface area contributed by atoms with E-state index in [1.807, 2.05) is 24.0 Å². The van der Waals surface area contributed by atoms with Crippen LogP contribution in [0.1, 0.15) is 30.9 Å². The van der Waals surface area contributed by atoms with E-state index in [0.717, 1.165) is 32.5 Å². The SMILES string of the molecule is CCNC1CCCN(Cc2ccccc2C)C1=O. The Labute approximate surface area is 109 Å². The lowest BCUT2D eigenvalue weighted by molar-refractivity contribution is -0.136. The van der Waals surface area contributed by atoms with Gasteiger partial charge in [0.15, 0.2) is 0 Å². The summed E-state index contributed by atoms with van der Waals surface area (Å²) in [6, 6.07) is 8.31. The lowest BCUT2D eigenvalue weighted by Crippen LogP contribution is -2.50. The molecule has 1 heterocycles. The summed E-state index contributed by atoms with van der Waals surface area (Å²) < 4.78 is 0. The van der Waals surface area contributed by atoms with E-state index >= 15 is 0 Å². The van der Waals surface area contributed by atoms with Gasteiger partial charge in [0, 0.05) is 13.1 Å². The summed E-state index contributed by atoms with van der Waals surface area (Å²) >= 11 is 0.